The van der Waals surface area contributed by atoms with Crippen molar-refractivity contribution < 1.29 is 5.11 Å². The number of aliphatic hydroxyl groups is 1. The molecule has 1 aliphatic heterocycles. The van der Waals surface area contributed by atoms with E-state index in [1.807, 2.05) is 0 Å². The van der Waals surface area contributed by atoms with Crippen molar-refractivity contribution in [3.05, 3.63) is 0 Å². The fourth-order valence-corrected chi connectivity index (χ4v) is 3.11. The first-order valence-electron chi connectivity index (χ1n) is 7.35. The van der Waals surface area contributed by atoms with Gasteiger partial charge in [-0.25, -0.2) is 0 Å². The summed E-state index contributed by atoms with van der Waals surface area (Å²) < 4.78 is 0. The lowest BCUT2D eigenvalue weighted by molar-refractivity contribution is 0.106. The first-order chi connectivity index (χ1) is 8.78. The van der Waals surface area contributed by atoms with E-state index in [2.05, 4.69) is 16.1 Å². The monoisotopic (exact) mass is 250 g/mol. The Kier molecular flexibility index (Phi) is 5.49. The zero-order valence-electron chi connectivity index (χ0n) is 11.3. The molecule has 3 heteroatoms. The lowest BCUT2D eigenvalue weighted by Crippen LogP contribution is -2.44. The Labute approximate surface area is 111 Å². The molecule has 0 radical (unpaired) electrons. The summed E-state index contributed by atoms with van der Waals surface area (Å²) in [6.07, 6.45) is 12.1. The van der Waals surface area contributed by atoms with Crippen molar-refractivity contribution in [2.24, 2.45) is 5.92 Å². The van der Waals surface area contributed by atoms with Gasteiger partial charge in [0.05, 0.1) is 12.6 Å². The molecule has 1 heterocycles. The molecular weight excluding hydrogens is 224 g/mol. The third-order valence-electron chi connectivity index (χ3n) is 4.41. The van der Waals surface area contributed by atoms with Crippen LogP contribution >= 0.6 is 0 Å². The molecule has 0 aromatic rings. The Balaban J connectivity index is 1.59. The topological polar surface area (TPSA) is 35.5 Å². The van der Waals surface area contributed by atoms with Crippen LogP contribution in [0.15, 0.2) is 0 Å². The van der Waals surface area contributed by atoms with Gasteiger partial charge in [0.2, 0.25) is 0 Å². The second-order valence-electron chi connectivity index (χ2n) is 5.84. The van der Waals surface area contributed by atoms with E-state index in [0.29, 0.717) is 6.04 Å². The molecule has 0 spiro atoms. The van der Waals surface area contributed by atoms with E-state index in [0.717, 1.165) is 44.9 Å². The number of nitrogens with one attached hydrogen (secondary N) is 1. The van der Waals surface area contributed by atoms with Crippen LogP contribution in [-0.4, -0.2) is 48.3 Å². The molecular formula is C15H26N2O. The Morgan fingerprint density at radius 2 is 1.78 bits per heavy atom. The van der Waals surface area contributed by atoms with Crippen molar-refractivity contribution in [3.63, 3.8) is 0 Å². The van der Waals surface area contributed by atoms with Crippen LogP contribution < -0.4 is 5.32 Å². The smallest absolute Gasteiger partial charge is 0.0598 e. The van der Waals surface area contributed by atoms with Crippen LogP contribution in [0.4, 0.5) is 0 Å². The zero-order valence-corrected chi connectivity index (χ0v) is 11.3. The van der Waals surface area contributed by atoms with E-state index in [1.54, 1.807) is 0 Å². The summed E-state index contributed by atoms with van der Waals surface area (Å²) in [6, 6.07) is 0.672. The molecule has 2 rings (SSSR count). The number of rotatable bonds is 4. The molecule has 0 aromatic heterocycles. The molecule has 0 bridgehead atoms. The summed E-state index contributed by atoms with van der Waals surface area (Å²) in [6.45, 7) is 4.19. The highest BCUT2D eigenvalue weighted by atomic mass is 16.3. The van der Waals surface area contributed by atoms with Gasteiger partial charge in [-0.1, -0.05) is 5.92 Å². The molecule has 2 N–H and O–H groups in total. The van der Waals surface area contributed by atoms with Gasteiger partial charge in [0.15, 0.2) is 0 Å². The average molecular weight is 250 g/mol. The Morgan fingerprint density at radius 1 is 1.11 bits per heavy atom. The van der Waals surface area contributed by atoms with Crippen molar-refractivity contribution in [3.8, 4) is 12.3 Å². The van der Waals surface area contributed by atoms with Crippen molar-refractivity contribution >= 4 is 0 Å². The van der Waals surface area contributed by atoms with Crippen LogP contribution in [0.2, 0.25) is 0 Å². The molecule has 0 aromatic carbocycles. The molecule has 2 fully saturated rings. The van der Waals surface area contributed by atoms with Crippen molar-refractivity contribution in [2.75, 3.05) is 26.2 Å². The van der Waals surface area contributed by atoms with Gasteiger partial charge in [0, 0.05) is 19.1 Å². The second kappa shape index (κ2) is 7.13. The van der Waals surface area contributed by atoms with Gasteiger partial charge in [-0.2, -0.15) is 0 Å². The number of likely N-dealkylation sites (tertiary alicyclic amines) is 1. The van der Waals surface area contributed by atoms with Crippen LogP contribution in [0.25, 0.3) is 0 Å². The minimum atomic E-state index is -0.0340. The van der Waals surface area contributed by atoms with Crippen molar-refractivity contribution in [2.45, 2.75) is 50.7 Å². The molecule has 0 amide bonds. The number of hydrogen-bond acceptors (Lipinski definition) is 3. The van der Waals surface area contributed by atoms with Crippen LogP contribution in [0.5, 0.6) is 0 Å². The SMILES string of the molecule is C#CCN1CCC(NCC2CCC(O)CC2)CC1. The lowest BCUT2D eigenvalue weighted by atomic mass is 9.87. The van der Waals surface area contributed by atoms with Crippen LogP contribution in [0.1, 0.15) is 38.5 Å². The molecule has 18 heavy (non-hydrogen) atoms. The summed E-state index contributed by atoms with van der Waals surface area (Å²) in [7, 11) is 0. The molecule has 2 aliphatic rings. The number of aliphatic hydroxyl groups excluding tert-OH is 1. The van der Waals surface area contributed by atoms with Gasteiger partial charge in [0.1, 0.15) is 0 Å². The lowest BCUT2D eigenvalue weighted by Gasteiger charge is -2.33. The minimum Gasteiger partial charge on any atom is -0.393 e. The van der Waals surface area contributed by atoms with E-state index >= 15 is 0 Å². The van der Waals surface area contributed by atoms with Gasteiger partial charge in [-0.3, -0.25) is 4.90 Å². The Morgan fingerprint density at radius 3 is 2.39 bits per heavy atom. The summed E-state index contributed by atoms with van der Waals surface area (Å²) >= 11 is 0. The Bertz CT molecular complexity index is 271. The molecule has 1 saturated carbocycles. The van der Waals surface area contributed by atoms with E-state index in [9.17, 15) is 5.11 Å². The normalized spacial score (nSPS) is 31.1. The van der Waals surface area contributed by atoms with Crippen LogP contribution in [0, 0.1) is 18.3 Å². The first kappa shape index (κ1) is 13.9. The quantitative estimate of drug-likeness (QED) is 0.737. The largest absolute Gasteiger partial charge is 0.393 e. The van der Waals surface area contributed by atoms with E-state index in [4.69, 9.17) is 6.42 Å². The summed E-state index contributed by atoms with van der Waals surface area (Å²) in [5.74, 6) is 3.50. The van der Waals surface area contributed by atoms with E-state index in [1.165, 1.54) is 25.7 Å². The highest BCUT2D eigenvalue weighted by Crippen LogP contribution is 2.23. The molecule has 0 unspecified atom stereocenters. The summed E-state index contributed by atoms with van der Waals surface area (Å²) in [4.78, 5) is 2.36. The fraction of sp³-hybridized carbons (Fsp3) is 0.867. The van der Waals surface area contributed by atoms with Gasteiger partial charge >= 0.3 is 0 Å². The third-order valence-corrected chi connectivity index (χ3v) is 4.41. The number of piperidine rings is 1. The Hall–Kier alpha value is -0.560. The van der Waals surface area contributed by atoms with E-state index < -0.39 is 0 Å². The van der Waals surface area contributed by atoms with Crippen molar-refractivity contribution in [1.29, 1.82) is 0 Å². The van der Waals surface area contributed by atoms with Crippen LogP contribution in [0.3, 0.4) is 0 Å². The maximum Gasteiger partial charge on any atom is 0.0598 e. The van der Waals surface area contributed by atoms with E-state index in [-0.39, 0.29) is 6.10 Å². The summed E-state index contributed by atoms with van der Waals surface area (Å²) in [5.41, 5.74) is 0. The molecule has 1 aliphatic carbocycles. The molecule has 0 atom stereocenters. The summed E-state index contributed by atoms with van der Waals surface area (Å²) in [5, 5.41) is 13.2. The predicted octanol–water partition coefficient (Wildman–Crippen LogP) is 1.22. The molecule has 3 nitrogen and oxygen atoms in total. The second-order valence-corrected chi connectivity index (χ2v) is 5.84. The standard InChI is InChI=1S/C15H26N2O/c1-2-9-17-10-7-14(8-11-17)16-12-13-3-5-15(18)6-4-13/h1,13-16,18H,3-12H2. The number of terminal acetylenes is 1. The van der Waals surface area contributed by atoms with Gasteiger partial charge in [-0.15, -0.1) is 6.42 Å². The minimum absolute atomic E-state index is 0.0340. The first-order valence-corrected chi connectivity index (χ1v) is 7.35. The third kappa shape index (κ3) is 4.28. The van der Waals surface area contributed by atoms with Crippen molar-refractivity contribution in [1.82, 2.24) is 10.2 Å². The number of nitrogens with zero attached hydrogens (tertiary/aromatic N) is 1. The van der Waals surface area contributed by atoms with Crippen LogP contribution in [-0.2, 0) is 0 Å². The number of hydrogen-bond donors (Lipinski definition) is 2. The predicted molar refractivity (Wildman–Crippen MR) is 74.3 cm³/mol. The molecule has 1 saturated heterocycles. The zero-order chi connectivity index (χ0) is 12.8. The maximum atomic E-state index is 9.48. The average Bonchev–Trinajstić information content (AvgIpc) is 2.40. The fourth-order valence-electron chi connectivity index (χ4n) is 3.11. The maximum absolute atomic E-state index is 9.48. The highest BCUT2D eigenvalue weighted by molar-refractivity contribution is 4.90. The van der Waals surface area contributed by atoms with Gasteiger partial charge in [-0.05, 0) is 51.0 Å². The van der Waals surface area contributed by atoms with Gasteiger partial charge < -0.3 is 10.4 Å². The molecule has 102 valence electrons. The highest BCUT2D eigenvalue weighted by Gasteiger charge is 2.22. The van der Waals surface area contributed by atoms with Gasteiger partial charge in [0.25, 0.3) is 0 Å².